The van der Waals surface area contributed by atoms with E-state index < -0.39 is 0 Å². The van der Waals surface area contributed by atoms with Crippen molar-refractivity contribution in [3.63, 3.8) is 0 Å². The molecule has 0 saturated carbocycles. The van der Waals surface area contributed by atoms with Crippen LogP contribution < -0.4 is 10.2 Å². The average Bonchev–Trinajstić information content (AvgIpc) is 2.36. The number of halogens is 1. The van der Waals surface area contributed by atoms with E-state index in [-0.39, 0.29) is 17.0 Å². The summed E-state index contributed by atoms with van der Waals surface area (Å²) in [6.45, 7) is 9.13. The number of carbonyl (C=O) groups excluding carboxylic acids is 1. The highest BCUT2D eigenvalue weighted by Gasteiger charge is 2.39. The predicted octanol–water partition coefficient (Wildman–Crippen LogP) is 3.33. The van der Waals surface area contributed by atoms with Crippen LogP contribution in [0.25, 0.3) is 0 Å². The van der Waals surface area contributed by atoms with Crippen molar-refractivity contribution in [3.05, 3.63) is 28.7 Å². The molecule has 19 heavy (non-hydrogen) atoms. The average molecular weight is 325 g/mol. The highest BCUT2D eigenvalue weighted by molar-refractivity contribution is 9.10. The van der Waals surface area contributed by atoms with Crippen LogP contribution in [0.2, 0.25) is 0 Å². The van der Waals surface area contributed by atoms with Gasteiger partial charge in [0.2, 0.25) is 5.91 Å². The quantitative estimate of drug-likeness (QED) is 0.859. The molecule has 1 aromatic rings. The Morgan fingerprint density at radius 2 is 1.74 bits per heavy atom. The summed E-state index contributed by atoms with van der Waals surface area (Å²) in [4.78, 5) is 14.5. The lowest BCUT2D eigenvalue weighted by molar-refractivity contribution is -0.120. The van der Waals surface area contributed by atoms with Crippen LogP contribution in [0.4, 0.5) is 5.69 Å². The molecule has 4 heteroatoms. The number of carbonyl (C=O) groups is 1. The van der Waals surface area contributed by atoms with E-state index in [1.807, 2.05) is 29.2 Å². The summed E-state index contributed by atoms with van der Waals surface area (Å²) in [5.74, 6) is 0.169. The van der Waals surface area contributed by atoms with Gasteiger partial charge in [-0.2, -0.15) is 0 Å². The third-order valence-corrected chi connectivity index (χ3v) is 4.06. The Morgan fingerprint density at radius 1 is 1.16 bits per heavy atom. The minimum Gasteiger partial charge on any atom is -0.309 e. The monoisotopic (exact) mass is 324 g/mol. The van der Waals surface area contributed by atoms with Crippen molar-refractivity contribution < 1.29 is 4.79 Å². The molecule has 1 aliphatic heterocycles. The molecule has 1 fully saturated rings. The normalized spacial score (nSPS) is 22.2. The van der Waals surface area contributed by atoms with Crippen LogP contribution in [0, 0.1) is 0 Å². The highest BCUT2D eigenvalue weighted by atomic mass is 79.9. The second-order valence-electron chi connectivity index (χ2n) is 6.43. The van der Waals surface area contributed by atoms with Crippen molar-refractivity contribution in [3.8, 4) is 0 Å². The first kappa shape index (κ1) is 14.5. The molecule has 1 aromatic carbocycles. The summed E-state index contributed by atoms with van der Waals surface area (Å²) in [6.07, 6.45) is 0.506. The standard InChI is InChI=1S/C15H21BrN2O/c1-14(2)9-13(19)18(15(3,4)10-17-14)12-7-5-11(16)6-8-12/h5-8,17H,9-10H2,1-4H3. The van der Waals surface area contributed by atoms with Crippen LogP contribution in [0.1, 0.15) is 34.1 Å². The van der Waals surface area contributed by atoms with Gasteiger partial charge in [-0.1, -0.05) is 15.9 Å². The number of anilines is 1. The van der Waals surface area contributed by atoms with Gasteiger partial charge in [-0.15, -0.1) is 0 Å². The van der Waals surface area contributed by atoms with Crippen LogP contribution in [0.5, 0.6) is 0 Å². The van der Waals surface area contributed by atoms with Crippen molar-refractivity contribution >= 4 is 27.5 Å². The zero-order chi connectivity index (χ0) is 14.3. The molecule has 1 amide bonds. The Labute approximate surface area is 123 Å². The van der Waals surface area contributed by atoms with E-state index >= 15 is 0 Å². The van der Waals surface area contributed by atoms with Gasteiger partial charge in [-0.25, -0.2) is 0 Å². The maximum atomic E-state index is 12.6. The number of hydrogen-bond donors (Lipinski definition) is 1. The highest BCUT2D eigenvalue weighted by Crippen LogP contribution is 2.30. The molecule has 0 radical (unpaired) electrons. The van der Waals surface area contributed by atoms with Gasteiger partial charge in [0.05, 0.1) is 5.54 Å². The van der Waals surface area contributed by atoms with Gasteiger partial charge in [0.1, 0.15) is 0 Å². The molecule has 0 bridgehead atoms. The summed E-state index contributed by atoms with van der Waals surface area (Å²) < 4.78 is 1.02. The van der Waals surface area contributed by atoms with Crippen LogP contribution in [-0.2, 0) is 4.79 Å². The number of amides is 1. The van der Waals surface area contributed by atoms with Crippen LogP contribution in [0.15, 0.2) is 28.7 Å². The van der Waals surface area contributed by atoms with Crippen molar-refractivity contribution in [1.29, 1.82) is 0 Å². The fourth-order valence-electron chi connectivity index (χ4n) is 2.48. The van der Waals surface area contributed by atoms with Crippen molar-refractivity contribution in [2.75, 3.05) is 11.4 Å². The molecule has 1 N–H and O–H groups in total. The largest absolute Gasteiger partial charge is 0.309 e. The van der Waals surface area contributed by atoms with Gasteiger partial charge in [-0.05, 0) is 52.0 Å². The zero-order valence-electron chi connectivity index (χ0n) is 12.0. The lowest BCUT2D eigenvalue weighted by Crippen LogP contribution is -2.51. The Morgan fingerprint density at radius 3 is 2.32 bits per heavy atom. The van der Waals surface area contributed by atoms with Crippen molar-refractivity contribution in [2.45, 2.75) is 45.2 Å². The van der Waals surface area contributed by atoms with Crippen molar-refractivity contribution in [1.82, 2.24) is 5.32 Å². The number of hydrogen-bond acceptors (Lipinski definition) is 2. The predicted molar refractivity (Wildman–Crippen MR) is 82.4 cm³/mol. The number of nitrogens with one attached hydrogen (secondary N) is 1. The Kier molecular flexibility index (Phi) is 3.76. The maximum absolute atomic E-state index is 12.6. The van der Waals surface area contributed by atoms with Gasteiger partial charge in [0, 0.05) is 28.7 Å². The van der Waals surface area contributed by atoms with Crippen LogP contribution in [0.3, 0.4) is 0 Å². The first-order valence-corrected chi connectivity index (χ1v) is 7.34. The summed E-state index contributed by atoms with van der Waals surface area (Å²) in [7, 11) is 0. The Bertz CT molecular complexity index is 479. The zero-order valence-corrected chi connectivity index (χ0v) is 13.5. The summed E-state index contributed by atoms with van der Waals surface area (Å²) in [6, 6.07) is 7.93. The van der Waals surface area contributed by atoms with E-state index in [9.17, 15) is 4.79 Å². The molecule has 1 saturated heterocycles. The summed E-state index contributed by atoms with van der Waals surface area (Å²) in [5.41, 5.74) is 0.564. The number of benzene rings is 1. The molecular weight excluding hydrogens is 304 g/mol. The van der Waals surface area contributed by atoms with E-state index in [1.54, 1.807) is 0 Å². The van der Waals surface area contributed by atoms with E-state index in [0.29, 0.717) is 6.42 Å². The first-order chi connectivity index (χ1) is 8.71. The van der Waals surface area contributed by atoms with Gasteiger partial charge in [-0.3, -0.25) is 4.79 Å². The minimum absolute atomic E-state index is 0.154. The second-order valence-corrected chi connectivity index (χ2v) is 7.35. The van der Waals surface area contributed by atoms with E-state index in [1.165, 1.54) is 0 Å². The maximum Gasteiger partial charge on any atom is 0.229 e. The van der Waals surface area contributed by atoms with Crippen LogP contribution >= 0.6 is 15.9 Å². The third-order valence-electron chi connectivity index (χ3n) is 3.53. The topological polar surface area (TPSA) is 32.3 Å². The number of rotatable bonds is 1. The lowest BCUT2D eigenvalue weighted by Gasteiger charge is -2.37. The molecular formula is C15H21BrN2O. The molecule has 0 atom stereocenters. The van der Waals surface area contributed by atoms with Gasteiger partial charge in [0.25, 0.3) is 0 Å². The minimum atomic E-state index is -0.237. The van der Waals surface area contributed by atoms with Gasteiger partial charge < -0.3 is 10.2 Å². The Hall–Kier alpha value is -0.870. The van der Waals surface area contributed by atoms with E-state index in [2.05, 4.69) is 48.9 Å². The SMILES string of the molecule is CC1(C)CC(=O)N(c2ccc(Br)cc2)C(C)(C)CN1. The van der Waals surface area contributed by atoms with Gasteiger partial charge >= 0.3 is 0 Å². The molecule has 104 valence electrons. The fourth-order valence-corrected chi connectivity index (χ4v) is 2.74. The second kappa shape index (κ2) is 4.91. The molecule has 1 aliphatic rings. The first-order valence-electron chi connectivity index (χ1n) is 6.55. The van der Waals surface area contributed by atoms with E-state index in [4.69, 9.17) is 0 Å². The molecule has 2 rings (SSSR count). The molecule has 1 heterocycles. The van der Waals surface area contributed by atoms with Crippen LogP contribution in [-0.4, -0.2) is 23.5 Å². The summed E-state index contributed by atoms with van der Waals surface area (Å²) in [5, 5.41) is 3.48. The van der Waals surface area contributed by atoms with Crippen molar-refractivity contribution in [2.24, 2.45) is 0 Å². The lowest BCUT2D eigenvalue weighted by atomic mass is 10.0. The molecule has 0 spiro atoms. The Balaban J connectivity index is 2.40. The molecule has 0 unspecified atom stereocenters. The molecule has 3 nitrogen and oxygen atoms in total. The smallest absolute Gasteiger partial charge is 0.229 e. The fraction of sp³-hybridized carbons (Fsp3) is 0.533. The van der Waals surface area contributed by atoms with E-state index in [0.717, 1.165) is 16.7 Å². The summed E-state index contributed by atoms with van der Waals surface area (Å²) >= 11 is 3.43. The third kappa shape index (κ3) is 3.18. The van der Waals surface area contributed by atoms with Gasteiger partial charge in [0.15, 0.2) is 0 Å². The molecule has 0 aliphatic carbocycles. The molecule has 0 aromatic heterocycles. The number of nitrogens with zero attached hydrogens (tertiary/aromatic N) is 1.